The van der Waals surface area contributed by atoms with Crippen LogP contribution in [0.2, 0.25) is 0 Å². The third-order valence-electron chi connectivity index (χ3n) is 3.67. The van der Waals surface area contributed by atoms with Gasteiger partial charge in [-0.1, -0.05) is 26.8 Å². The first-order valence-corrected chi connectivity index (χ1v) is 9.45. The molecule has 2 aromatic rings. The highest BCUT2D eigenvalue weighted by molar-refractivity contribution is 9.13. The van der Waals surface area contributed by atoms with E-state index in [9.17, 15) is 10.2 Å². The Morgan fingerprint density at radius 3 is 2.44 bits per heavy atom. The van der Waals surface area contributed by atoms with E-state index < -0.39 is 0 Å². The summed E-state index contributed by atoms with van der Waals surface area (Å²) in [6, 6.07) is 7.05. The van der Waals surface area contributed by atoms with Gasteiger partial charge in [-0.3, -0.25) is 4.99 Å². The smallest absolute Gasteiger partial charge is 0.167 e. The predicted molar refractivity (Wildman–Crippen MR) is 109 cm³/mol. The second kappa shape index (κ2) is 7.79. The van der Waals surface area contributed by atoms with E-state index in [0.29, 0.717) is 28.1 Å². The van der Waals surface area contributed by atoms with E-state index in [0.717, 1.165) is 10.0 Å². The molecule has 6 heteroatoms. The summed E-state index contributed by atoms with van der Waals surface area (Å²) in [5.41, 5.74) is 1.92. The molecule has 134 valence electrons. The van der Waals surface area contributed by atoms with Crippen molar-refractivity contribution in [3.8, 4) is 17.2 Å². The van der Waals surface area contributed by atoms with Crippen molar-refractivity contribution in [3.63, 3.8) is 0 Å². The number of aliphatic imine (C=N–C) groups is 1. The zero-order chi connectivity index (χ0) is 18.8. The summed E-state index contributed by atoms with van der Waals surface area (Å²) in [7, 11) is 0. The molecule has 0 amide bonds. The molecule has 2 rings (SSSR count). The van der Waals surface area contributed by atoms with Crippen molar-refractivity contribution >= 4 is 43.8 Å². The number of hydrogen-bond acceptors (Lipinski definition) is 4. The number of aromatic hydroxyl groups is 2. The van der Waals surface area contributed by atoms with Crippen molar-refractivity contribution in [2.45, 2.75) is 33.1 Å². The molecular weight excluding hydrogens is 450 g/mol. The molecule has 0 aromatic heterocycles. The van der Waals surface area contributed by atoms with Gasteiger partial charge in [0.2, 0.25) is 0 Å². The van der Waals surface area contributed by atoms with Crippen molar-refractivity contribution < 1.29 is 14.9 Å². The van der Waals surface area contributed by atoms with Gasteiger partial charge in [-0.25, -0.2) is 0 Å². The summed E-state index contributed by atoms with van der Waals surface area (Å²) in [6.45, 7) is 8.57. The van der Waals surface area contributed by atoms with Crippen LogP contribution in [0, 0.1) is 0 Å². The van der Waals surface area contributed by atoms with Crippen molar-refractivity contribution in [1.29, 1.82) is 0 Å². The molecule has 0 aliphatic carbocycles. The molecule has 0 heterocycles. The van der Waals surface area contributed by atoms with E-state index in [-0.39, 0.29) is 16.9 Å². The molecule has 2 N–H and O–H groups in total. The van der Waals surface area contributed by atoms with Gasteiger partial charge in [-0.2, -0.15) is 0 Å². The molecule has 2 aromatic carbocycles. The Labute approximate surface area is 164 Å². The highest BCUT2D eigenvalue weighted by atomic mass is 79.9. The second-order valence-corrected chi connectivity index (χ2v) is 8.22. The van der Waals surface area contributed by atoms with Crippen molar-refractivity contribution in [2.24, 2.45) is 4.99 Å². The van der Waals surface area contributed by atoms with Crippen LogP contribution in [0.15, 0.2) is 38.2 Å². The minimum absolute atomic E-state index is 0.00728. The van der Waals surface area contributed by atoms with Gasteiger partial charge in [-0.15, -0.1) is 0 Å². The summed E-state index contributed by atoms with van der Waals surface area (Å²) in [4.78, 5) is 4.37. The summed E-state index contributed by atoms with van der Waals surface area (Å²) < 4.78 is 6.84. The van der Waals surface area contributed by atoms with E-state index in [1.165, 1.54) is 6.21 Å². The number of rotatable bonds is 4. The minimum atomic E-state index is -0.0569. The molecule has 0 aliphatic heterocycles. The van der Waals surface area contributed by atoms with Crippen LogP contribution in [0.5, 0.6) is 17.2 Å². The number of phenolic OH excluding ortho intramolecular Hbond substituents is 2. The third-order valence-corrected chi connectivity index (χ3v) is 5.68. The fraction of sp³-hybridized carbons (Fsp3) is 0.316. The topological polar surface area (TPSA) is 62.0 Å². The lowest BCUT2D eigenvalue weighted by molar-refractivity contribution is 0.317. The molecule has 0 atom stereocenters. The first-order chi connectivity index (χ1) is 11.6. The summed E-state index contributed by atoms with van der Waals surface area (Å²) >= 11 is 6.87. The van der Waals surface area contributed by atoms with Gasteiger partial charge in [0, 0.05) is 15.2 Å². The van der Waals surface area contributed by atoms with Crippen LogP contribution in [0.3, 0.4) is 0 Å². The van der Waals surface area contributed by atoms with Crippen LogP contribution in [0.25, 0.3) is 0 Å². The van der Waals surface area contributed by atoms with Crippen LogP contribution in [-0.4, -0.2) is 23.0 Å². The van der Waals surface area contributed by atoms with Gasteiger partial charge in [0.05, 0.1) is 12.2 Å². The number of ether oxygens (including phenoxy) is 1. The summed E-state index contributed by atoms with van der Waals surface area (Å²) in [6.07, 6.45) is 1.51. The minimum Gasteiger partial charge on any atom is -0.506 e. The van der Waals surface area contributed by atoms with Crippen LogP contribution < -0.4 is 4.74 Å². The first kappa shape index (κ1) is 19.8. The molecule has 0 fully saturated rings. The first-order valence-electron chi connectivity index (χ1n) is 7.86. The lowest BCUT2D eigenvalue weighted by Crippen LogP contribution is -2.10. The quantitative estimate of drug-likeness (QED) is 0.533. The third kappa shape index (κ3) is 4.55. The zero-order valence-electron chi connectivity index (χ0n) is 14.6. The highest BCUT2D eigenvalue weighted by Gasteiger charge is 2.17. The number of benzene rings is 2. The standard InChI is InChI=1S/C19H21Br2NO3/c1-5-25-16-9-13(20)17(21)12(18(16)24)10-22-14-8-11(19(2,3)4)6-7-15(14)23/h6-10,23-24H,5H2,1-4H3. The monoisotopic (exact) mass is 469 g/mol. The van der Waals surface area contributed by atoms with Crippen LogP contribution >= 0.6 is 31.9 Å². The Kier molecular flexibility index (Phi) is 6.16. The fourth-order valence-electron chi connectivity index (χ4n) is 2.22. The van der Waals surface area contributed by atoms with Gasteiger partial charge in [0.1, 0.15) is 11.4 Å². The molecule has 0 bridgehead atoms. The molecular formula is C19H21Br2NO3. The summed E-state index contributed by atoms with van der Waals surface area (Å²) in [5.74, 6) is 0.443. The van der Waals surface area contributed by atoms with Gasteiger partial charge >= 0.3 is 0 Å². The normalized spacial score (nSPS) is 11.9. The maximum atomic E-state index is 10.4. The summed E-state index contributed by atoms with van der Waals surface area (Å²) in [5, 5.41) is 20.5. The number of nitrogens with zero attached hydrogens (tertiary/aromatic N) is 1. The van der Waals surface area contributed by atoms with Crippen LogP contribution in [0.1, 0.15) is 38.8 Å². The molecule has 0 saturated heterocycles. The van der Waals surface area contributed by atoms with E-state index in [1.807, 2.05) is 19.1 Å². The van der Waals surface area contributed by atoms with E-state index in [4.69, 9.17) is 4.74 Å². The molecule has 0 unspecified atom stereocenters. The van der Waals surface area contributed by atoms with Crippen molar-refractivity contribution in [1.82, 2.24) is 0 Å². The Balaban J connectivity index is 2.50. The Hall–Kier alpha value is -1.53. The average Bonchev–Trinajstić information content (AvgIpc) is 2.53. The second-order valence-electron chi connectivity index (χ2n) is 6.58. The van der Waals surface area contributed by atoms with Crippen LogP contribution in [0.4, 0.5) is 5.69 Å². The van der Waals surface area contributed by atoms with Crippen LogP contribution in [-0.2, 0) is 5.41 Å². The molecule has 0 saturated carbocycles. The molecule has 0 spiro atoms. The zero-order valence-corrected chi connectivity index (χ0v) is 17.8. The maximum Gasteiger partial charge on any atom is 0.167 e. The Morgan fingerprint density at radius 1 is 1.16 bits per heavy atom. The average molecular weight is 471 g/mol. The largest absolute Gasteiger partial charge is 0.506 e. The maximum absolute atomic E-state index is 10.4. The highest BCUT2D eigenvalue weighted by Crippen LogP contribution is 2.40. The molecule has 0 aliphatic rings. The SMILES string of the molecule is CCOc1cc(Br)c(Br)c(C=Nc2cc(C(C)(C)C)ccc2O)c1O. The lowest BCUT2D eigenvalue weighted by atomic mass is 9.87. The van der Waals surface area contributed by atoms with Gasteiger partial charge in [0.25, 0.3) is 0 Å². The fourth-order valence-corrected chi connectivity index (χ4v) is 3.05. The molecule has 25 heavy (non-hydrogen) atoms. The molecule has 0 radical (unpaired) electrons. The number of hydrogen-bond donors (Lipinski definition) is 2. The van der Waals surface area contributed by atoms with Gasteiger partial charge in [0.15, 0.2) is 11.5 Å². The van der Waals surface area contributed by atoms with E-state index in [1.54, 1.807) is 12.1 Å². The van der Waals surface area contributed by atoms with Crippen molar-refractivity contribution in [3.05, 3.63) is 44.3 Å². The number of halogens is 2. The van der Waals surface area contributed by atoms with Gasteiger partial charge < -0.3 is 14.9 Å². The lowest BCUT2D eigenvalue weighted by Gasteiger charge is -2.19. The van der Waals surface area contributed by atoms with E-state index >= 15 is 0 Å². The molecule has 4 nitrogen and oxygen atoms in total. The Morgan fingerprint density at radius 2 is 1.84 bits per heavy atom. The van der Waals surface area contributed by atoms with E-state index in [2.05, 4.69) is 57.6 Å². The van der Waals surface area contributed by atoms with Gasteiger partial charge in [-0.05, 0) is 68.0 Å². The Bertz CT molecular complexity index is 811. The predicted octanol–water partition coefficient (Wildman–Crippen LogP) is 6.07. The number of phenols is 2. The van der Waals surface area contributed by atoms with Crippen molar-refractivity contribution in [2.75, 3.05) is 6.61 Å².